The number of carbonyl (C=O) groups excluding carboxylic acids is 1. The number of para-hydroxylation sites is 1. The molecule has 3 rings (SSSR count). The zero-order chi connectivity index (χ0) is 24.9. The Morgan fingerprint density at radius 2 is 1.47 bits per heavy atom. The molecule has 0 aliphatic rings. The van der Waals surface area contributed by atoms with Gasteiger partial charge in [0.2, 0.25) is 10.0 Å². The van der Waals surface area contributed by atoms with E-state index in [0.717, 1.165) is 28.0 Å². The molecule has 0 bridgehead atoms. The number of hydrogen-bond acceptors (Lipinski definition) is 4. The normalized spacial score (nSPS) is 11.4. The Hall–Kier alpha value is -3.32. The van der Waals surface area contributed by atoms with Gasteiger partial charge in [0.25, 0.3) is 5.91 Å². The Morgan fingerprint density at radius 3 is 2.00 bits per heavy atom. The fourth-order valence-electron chi connectivity index (χ4n) is 3.73. The lowest BCUT2D eigenvalue weighted by Gasteiger charge is -2.26. The summed E-state index contributed by atoms with van der Waals surface area (Å²) in [5, 5.41) is 2.91. The van der Waals surface area contributed by atoms with Crippen LogP contribution in [0.4, 0.5) is 5.69 Å². The number of anilines is 1. The molecule has 0 radical (unpaired) electrons. The van der Waals surface area contributed by atoms with Crippen molar-refractivity contribution >= 4 is 21.6 Å². The Bertz CT molecular complexity index is 1210. The van der Waals surface area contributed by atoms with Gasteiger partial charge >= 0.3 is 0 Å². The fourth-order valence-corrected chi connectivity index (χ4v) is 4.73. The number of nitrogens with zero attached hydrogens (tertiary/aromatic N) is 1. The zero-order valence-corrected chi connectivity index (χ0v) is 21.1. The van der Waals surface area contributed by atoms with Crippen molar-refractivity contribution in [2.24, 2.45) is 0 Å². The highest BCUT2D eigenvalue weighted by atomic mass is 32.2. The van der Waals surface area contributed by atoms with Crippen LogP contribution in [0, 0.1) is 13.8 Å². The molecule has 7 heteroatoms. The SMILES string of the molecule is Cc1cccc(C)c1N(Cc1ccc(C(=O)NCc2ccc(OC(C)C)cc2)cc1)S(C)(=O)=O. The van der Waals surface area contributed by atoms with Gasteiger partial charge < -0.3 is 10.1 Å². The molecule has 3 aromatic rings. The first-order chi connectivity index (χ1) is 16.0. The van der Waals surface area contributed by atoms with Crippen LogP contribution in [0.15, 0.2) is 66.7 Å². The third-order valence-corrected chi connectivity index (χ3v) is 6.49. The lowest BCUT2D eigenvalue weighted by molar-refractivity contribution is 0.0951. The van der Waals surface area contributed by atoms with Crippen molar-refractivity contribution < 1.29 is 17.9 Å². The molecule has 0 spiro atoms. The molecule has 0 saturated carbocycles. The third-order valence-electron chi connectivity index (χ3n) is 5.38. The average molecular weight is 481 g/mol. The van der Waals surface area contributed by atoms with Crippen molar-refractivity contribution in [3.63, 3.8) is 0 Å². The van der Waals surface area contributed by atoms with Gasteiger partial charge in [-0.05, 0) is 74.2 Å². The number of rotatable bonds is 9. The molecule has 0 heterocycles. The molecule has 0 unspecified atom stereocenters. The standard InChI is InChI=1S/C27H32N2O4S/c1-19(2)33-25-15-11-22(12-16-25)17-28-27(30)24-13-9-23(10-14-24)18-29(34(5,31)32)26-20(3)7-6-8-21(26)4/h6-16,19H,17-18H2,1-5H3,(H,28,30). The second-order valence-electron chi connectivity index (χ2n) is 8.70. The number of aryl methyl sites for hydroxylation is 2. The summed E-state index contributed by atoms with van der Waals surface area (Å²) in [6.07, 6.45) is 1.32. The maximum atomic E-state index is 12.6. The van der Waals surface area contributed by atoms with Crippen LogP contribution in [0.1, 0.15) is 46.5 Å². The van der Waals surface area contributed by atoms with E-state index in [9.17, 15) is 13.2 Å². The molecule has 3 aromatic carbocycles. The summed E-state index contributed by atoms with van der Waals surface area (Å²) in [5.74, 6) is 0.605. The number of carbonyl (C=O) groups is 1. The van der Waals surface area contributed by atoms with Crippen LogP contribution in [0.3, 0.4) is 0 Å². The van der Waals surface area contributed by atoms with Crippen LogP contribution in [0.25, 0.3) is 0 Å². The maximum Gasteiger partial charge on any atom is 0.251 e. The quantitative estimate of drug-likeness (QED) is 0.468. The van der Waals surface area contributed by atoms with Crippen LogP contribution in [0.5, 0.6) is 5.75 Å². The summed E-state index contributed by atoms with van der Waals surface area (Å²) in [6.45, 7) is 8.34. The van der Waals surface area contributed by atoms with Crippen LogP contribution >= 0.6 is 0 Å². The van der Waals surface area contributed by atoms with E-state index >= 15 is 0 Å². The molecule has 1 amide bonds. The zero-order valence-electron chi connectivity index (χ0n) is 20.3. The van der Waals surface area contributed by atoms with Crippen molar-refractivity contribution in [1.29, 1.82) is 0 Å². The number of sulfonamides is 1. The van der Waals surface area contributed by atoms with Crippen molar-refractivity contribution in [3.05, 3.63) is 94.5 Å². The highest BCUT2D eigenvalue weighted by molar-refractivity contribution is 7.92. The van der Waals surface area contributed by atoms with Gasteiger partial charge in [-0.2, -0.15) is 0 Å². The summed E-state index contributed by atoms with van der Waals surface area (Å²) < 4.78 is 32.2. The van der Waals surface area contributed by atoms with E-state index in [0.29, 0.717) is 17.8 Å². The molecule has 180 valence electrons. The first kappa shape index (κ1) is 25.3. The van der Waals surface area contributed by atoms with Gasteiger partial charge in [-0.3, -0.25) is 9.10 Å². The first-order valence-corrected chi connectivity index (χ1v) is 13.1. The lowest BCUT2D eigenvalue weighted by atomic mass is 10.1. The van der Waals surface area contributed by atoms with Gasteiger partial charge in [0, 0.05) is 12.1 Å². The second-order valence-corrected chi connectivity index (χ2v) is 10.6. The van der Waals surface area contributed by atoms with Crippen LogP contribution < -0.4 is 14.4 Å². The third kappa shape index (κ3) is 6.60. The molecule has 0 aliphatic heterocycles. The second kappa shape index (κ2) is 10.7. The first-order valence-electron chi connectivity index (χ1n) is 11.2. The largest absolute Gasteiger partial charge is 0.491 e. The van der Waals surface area contributed by atoms with Crippen molar-refractivity contribution in [2.45, 2.75) is 46.9 Å². The molecule has 0 saturated heterocycles. The molecule has 34 heavy (non-hydrogen) atoms. The number of benzene rings is 3. The van der Waals surface area contributed by atoms with Crippen molar-refractivity contribution in [1.82, 2.24) is 5.32 Å². The van der Waals surface area contributed by atoms with Gasteiger partial charge in [0.1, 0.15) is 5.75 Å². The van der Waals surface area contributed by atoms with E-state index in [2.05, 4.69) is 5.32 Å². The predicted octanol–water partition coefficient (Wildman–Crippen LogP) is 4.99. The van der Waals surface area contributed by atoms with Gasteiger partial charge in [-0.15, -0.1) is 0 Å². The average Bonchev–Trinajstić information content (AvgIpc) is 2.77. The highest BCUT2D eigenvalue weighted by Gasteiger charge is 2.21. The monoisotopic (exact) mass is 480 g/mol. The minimum absolute atomic E-state index is 0.110. The van der Waals surface area contributed by atoms with E-state index in [1.807, 2.05) is 70.2 Å². The van der Waals surface area contributed by atoms with Gasteiger partial charge in [0.05, 0.1) is 24.6 Å². The molecule has 1 N–H and O–H groups in total. The van der Waals surface area contributed by atoms with Crippen LogP contribution in [-0.4, -0.2) is 26.7 Å². The van der Waals surface area contributed by atoms with E-state index in [1.54, 1.807) is 24.3 Å². The summed E-state index contributed by atoms with van der Waals surface area (Å²) in [4.78, 5) is 12.6. The van der Waals surface area contributed by atoms with Crippen molar-refractivity contribution in [2.75, 3.05) is 10.6 Å². The van der Waals surface area contributed by atoms with E-state index in [4.69, 9.17) is 4.74 Å². The van der Waals surface area contributed by atoms with Gasteiger partial charge in [0.15, 0.2) is 0 Å². The summed E-state index contributed by atoms with van der Waals surface area (Å²) >= 11 is 0. The number of hydrogen-bond donors (Lipinski definition) is 1. The fraction of sp³-hybridized carbons (Fsp3) is 0.296. The number of nitrogens with one attached hydrogen (secondary N) is 1. The smallest absolute Gasteiger partial charge is 0.251 e. The van der Waals surface area contributed by atoms with Crippen molar-refractivity contribution in [3.8, 4) is 5.75 Å². The minimum Gasteiger partial charge on any atom is -0.491 e. The van der Waals surface area contributed by atoms with Crippen LogP contribution in [0.2, 0.25) is 0 Å². The molecule has 0 fully saturated rings. The topological polar surface area (TPSA) is 75.7 Å². The lowest BCUT2D eigenvalue weighted by Crippen LogP contribution is -2.30. The summed E-state index contributed by atoms with van der Waals surface area (Å²) in [5.41, 5.74) is 4.76. The van der Waals surface area contributed by atoms with Gasteiger partial charge in [-0.1, -0.05) is 42.5 Å². The Balaban J connectivity index is 1.67. The molecular formula is C27H32N2O4S. The molecule has 6 nitrogen and oxygen atoms in total. The van der Waals surface area contributed by atoms with E-state index in [1.165, 1.54) is 10.6 Å². The maximum absolute atomic E-state index is 12.6. The number of ether oxygens (including phenoxy) is 1. The van der Waals surface area contributed by atoms with E-state index < -0.39 is 10.0 Å². The number of amides is 1. The summed E-state index contributed by atoms with van der Waals surface area (Å²) in [7, 11) is -3.49. The minimum atomic E-state index is -3.49. The Labute approximate surface area is 202 Å². The molecule has 0 aromatic heterocycles. The Morgan fingerprint density at radius 1 is 0.912 bits per heavy atom. The van der Waals surface area contributed by atoms with Crippen LogP contribution in [-0.2, 0) is 23.1 Å². The molecule has 0 atom stereocenters. The predicted molar refractivity (Wildman–Crippen MR) is 137 cm³/mol. The van der Waals surface area contributed by atoms with E-state index in [-0.39, 0.29) is 18.6 Å². The Kier molecular flexibility index (Phi) is 7.99. The van der Waals surface area contributed by atoms with Gasteiger partial charge in [-0.25, -0.2) is 8.42 Å². The summed E-state index contributed by atoms with van der Waals surface area (Å²) in [6, 6.07) is 20.4. The highest BCUT2D eigenvalue weighted by Crippen LogP contribution is 2.28. The molecule has 0 aliphatic carbocycles. The molecular weight excluding hydrogens is 448 g/mol.